The van der Waals surface area contributed by atoms with E-state index in [0.29, 0.717) is 23.7 Å². The number of rotatable bonds is 7. The summed E-state index contributed by atoms with van der Waals surface area (Å²) in [6, 6.07) is 8.28. The molecule has 7 nitrogen and oxygen atoms in total. The SMILES string of the molecule is O=C(O)c1ccc(-n2ncc3cc([C@@H](O)COCC4CC4)cnc32)cc1. The molecule has 1 aliphatic carbocycles. The van der Waals surface area contributed by atoms with Crippen LogP contribution in [0.3, 0.4) is 0 Å². The predicted octanol–water partition coefficient (Wildman–Crippen LogP) is 2.58. The number of hydrogen-bond acceptors (Lipinski definition) is 5. The van der Waals surface area contributed by atoms with Crippen LogP contribution in [0.2, 0.25) is 0 Å². The molecule has 0 aliphatic heterocycles. The van der Waals surface area contributed by atoms with Gasteiger partial charge in [-0.15, -0.1) is 0 Å². The molecule has 1 atom stereocenters. The van der Waals surface area contributed by atoms with Gasteiger partial charge in [0.25, 0.3) is 0 Å². The Labute approximate surface area is 149 Å². The van der Waals surface area contributed by atoms with Crippen molar-refractivity contribution in [3.8, 4) is 5.69 Å². The molecule has 0 amide bonds. The molecule has 1 aliphatic rings. The summed E-state index contributed by atoms with van der Waals surface area (Å²) in [4.78, 5) is 15.4. The van der Waals surface area contributed by atoms with Crippen molar-refractivity contribution in [1.82, 2.24) is 14.8 Å². The van der Waals surface area contributed by atoms with E-state index in [1.54, 1.807) is 29.2 Å². The van der Waals surface area contributed by atoms with Gasteiger partial charge >= 0.3 is 5.97 Å². The number of nitrogens with zero attached hydrogens (tertiary/aromatic N) is 3. The molecule has 0 saturated heterocycles. The first kappa shape index (κ1) is 16.7. The molecule has 0 spiro atoms. The molecule has 3 aromatic rings. The van der Waals surface area contributed by atoms with Gasteiger partial charge in [0.15, 0.2) is 5.65 Å². The number of aliphatic hydroxyl groups is 1. The van der Waals surface area contributed by atoms with Crippen molar-refractivity contribution in [3.63, 3.8) is 0 Å². The lowest BCUT2D eigenvalue weighted by atomic mass is 10.1. The van der Waals surface area contributed by atoms with Crippen LogP contribution in [-0.4, -0.2) is 44.2 Å². The molecule has 0 unspecified atom stereocenters. The van der Waals surface area contributed by atoms with Crippen molar-refractivity contribution in [1.29, 1.82) is 0 Å². The van der Waals surface area contributed by atoms with Crippen LogP contribution < -0.4 is 0 Å². The normalized spacial score (nSPS) is 15.3. The maximum Gasteiger partial charge on any atom is 0.335 e. The molecule has 0 bridgehead atoms. The lowest BCUT2D eigenvalue weighted by Gasteiger charge is -2.11. The first-order valence-electron chi connectivity index (χ1n) is 8.55. The number of hydrogen-bond donors (Lipinski definition) is 2. The minimum Gasteiger partial charge on any atom is -0.478 e. The van der Waals surface area contributed by atoms with Crippen molar-refractivity contribution in [2.45, 2.75) is 18.9 Å². The molecule has 2 aromatic heterocycles. The summed E-state index contributed by atoms with van der Waals surface area (Å²) in [6.45, 7) is 0.964. The molecule has 26 heavy (non-hydrogen) atoms. The second kappa shape index (κ2) is 6.86. The molecule has 0 radical (unpaired) electrons. The van der Waals surface area contributed by atoms with Gasteiger partial charge in [-0.25, -0.2) is 14.5 Å². The van der Waals surface area contributed by atoms with E-state index in [2.05, 4.69) is 10.1 Å². The van der Waals surface area contributed by atoms with E-state index < -0.39 is 12.1 Å². The van der Waals surface area contributed by atoms with Gasteiger partial charge in [0.1, 0.15) is 6.10 Å². The summed E-state index contributed by atoms with van der Waals surface area (Å²) in [6.07, 6.45) is 5.02. The Bertz CT molecular complexity index is 932. The lowest BCUT2D eigenvalue weighted by molar-refractivity contribution is 0.0314. The van der Waals surface area contributed by atoms with Crippen LogP contribution in [-0.2, 0) is 4.74 Å². The topological polar surface area (TPSA) is 97.5 Å². The zero-order chi connectivity index (χ0) is 18.1. The van der Waals surface area contributed by atoms with E-state index in [4.69, 9.17) is 9.84 Å². The second-order valence-corrected chi connectivity index (χ2v) is 6.59. The Balaban J connectivity index is 1.53. The number of aromatic carboxylic acids is 1. The van der Waals surface area contributed by atoms with Crippen LogP contribution in [0.15, 0.2) is 42.7 Å². The number of aliphatic hydroxyl groups excluding tert-OH is 1. The minimum atomic E-state index is -0.970. The van der Waals surface area contributed by atoms with E-state index in [1.807, 2.05) is 6.07 Å². The van der Waals surface area contributed by atoms with Gasteiger partial charge in [-0.2, -0.15) is 5.10 Å². The second-order valence-electron chi connectivity index (χ2n) is 6.59. The van der Waals surface area contributed by atoms with Gasteiger partial charge in [0, 0.05) is 23.8 Å². The van der Waals surface area contributed by atoms with Crippen LogP contribution in [0.1, 0.15) is 34.9 Å². The summed E-state index contributed by atoms with van der Waals surface area (Å²) < 4.78 is 7.18. The highest BCUT2D eigenvalue weighted by Gasteiger charge is 2.22. The van der Waals surface area contributed by atoms with Gasteiger partial charge in [-0.05, 0) is 49.1 Å². The van der Waals surface area contributed by atoms with Crippen LogP contribution in [0, 0.1) is 5.92 Å². The van der Waals surface area contributed by atoms with E-state index in [-0.39, 0.29) is 12.2 Å². The van der Waals surface area contributed by atoms with E-state index in [0.717, 1.165) is 11.1 Å². The number of benzene rings is 1. The zero-order valence-electron chi connectivity index (χ0n) is 14.1. The fourth-order valence-electron chi connectivity index (χ4n) is 2.78. The highest BCUT2D eigenvalue weighted by molar-refractivity contribution is 5.87. The number of aromatic nitrogens is 3. The summed E-state index contributed by atoms with van der Waals surface area (Å²) >= 11 is 0. The van der Waals surface area contributed by atoms with Crippen molar-refractivity contribution in [3.05, 3.63) is 53.9 Å². The zero-order valence-corrected chi connectivity index (χ0v) is 14.1. The number of carbonyl (C=O) groups is 1. The van der Waals surface area contributed by atoms with Crippen LogP contribution in [0.4, 0.5) is 0 Å². The van der Waals surface area contributed by atoms with Crippen molar-refractivity contribution in [2.24, 2.45) is 5.92 Å². The van der Waals surface area contributed by atoms with Gasteiger partial charge in [-0.1, -0.05) is 0 Å². The molecule has 7 heteroatoms. The molecule has 134 valence electrons. The summed E-state index contributed by atoms with van der Waals surface area (Å²) in [7, 11) is 0. The predicted molar refractivity (Wildman–Crippen MR) is 94.3 cm³/mol. The molecular weight excluding hydrogens is 334 g/mol. The number of carboxylic acids is 1. The molecule has 2 heterocycles. The number of fused-ring (bicyclic) bond motifs is 1. The number of carboxylic acid groups (broad SMARTS) is 1. The molecular formula is C19H19N3O4. The third kappa shape index (κ3) is 3.44. The van der Waals surface area contributed by atoms with Crippen LogP contribution in [0.5, 0.6) is 0 Å². The minimum absolute atomic E-state index is 0.217. The Morgan fingerprint density at radius 3 is 2.73 bits per heavy atom. The molecule has 1 saturated carbocycles. The average Bonchev–Trinajstić information content (AvgIpc) is 3.38. The molecule has 4 rings (SSSR count). The Kier molecular flexibility index (Phi) is 4.40. The van der Waals surface area contributed by atoms with E-state index in [1.165, 1.54) is 25.0 Å². The summed E-state index contributed by atoms with van der Waals surface area (Å²) in [5.74, 6) is -0.309. The number of ether oxygens (including phenoxy) is 1. The third-order valence-corrected chi connectivity index (χ3v) is 4.50. The molecule has 1 aromatic carbocycles. The van der Waals surface area contributed by atoms with Gasteiger partial charge in [-0.3, -0.25) is 0 Å². The summed E-state index contributed by atoms with van der Waals surface area (Å²) in [5, 5.41) is 24.4. The fraction of sp³-hybridized carbons (Fsp3) is 0.316. The molecule has 2 N–H and O–H groups in total. The average molecular weight is 353 g/mol. The summed E-state index contributed by atoms with van der Waals surface area (Å²) in [5.41, 5.74) is 2.27. The van der Waals surface area contributed by atoms with Crippen molar-refractivity contribution < 1.29 is 19.7 Å². The monoisotopic (exact) mass is 353 g/mol. The Hall–Kier alpha value is -2.77. The van der Waals surface area contributed by atoms with Crippen molar-refractivity contribution >= 4 is 17.0 Å². The van der Waals surface area contributed by atoms with Crippen molar-refractivity contribution in [2.75, 3.05) is 13.2 Å². The van der Waals surface area contributed by atoms with Gasteiger partial charge < -0.3 is 14.9 Å². The maximum atomic E-state index is 11.0. The third-order valence-electron chi connectivity index (χ3n) is 4.50. The standard InChI is InChI=1S/C19H19N3O4/c23-17(11-26-10-12-1-2-12)14-7-15-9-21-22(18(15)20-8-14)16-5-3-13(4-6-16)19(24)25/h3-9,12,17,23H,1-2,10-11H2,(H,24,25)/t17-/m0/s1. The van der Waals surface area contributed by atoms with Crippen LogP contribution in [0.25, 0.3) is 16.7 Å². The lowest BCUT2D eigenvalue weighted by Crippen LogP contribution is -2.09. The van der Waals surface area contributed by atoms with E-state index >= 15 is 0 Å². The Morgan fingerprint density at radius 1 is 1.27 bits per heavy atom. The highest BCUT2D eigenvalue weighted by atomic mass is 16.5. The number of pyridine rings is 1. The van der Waals surface area contributed by atoms with Gasteiger partial charge in [0.05, 0.1) is 24.1 Å². The first-order valence-corrected chi connectivity index (χ1v) is 8.55. The van der Waals surface area contributed by atoms with Gasteiger partial charge in [0.2, 0.25) is 0 Å². The maximum absolute atomic E-state index is 11.0. The fourth-order valence-corrected chi connectivity index (χ4v) is 2.78. The first-order chi connectivity index (χ1) is 12.6. The van der Waals surface area contributed by atoms with E-state index in [9.17, 15) is 9.90 Å². The highest BCUT2D eigenvalue weighted by Crippen LogP contribution is 2.29. The smallest absolute Gasteiger partial charge is 0.335 e. The quantitative estimate of drug-likeness (QED) is 0.677. The Morgan fingerprint density at radius 2 is 2.04 bits per heavy atom. The van der Waals surface area contributed by atoms with Crippen LogP contribution >= 0.6 is 0 Å². The molecule has 1 fully saturated rings. The largest absolute Gasteiger partial charge is 0.478 e.